The Kier molecular flexibility index (Phi) is 2.68. The van der Waals surface area contributed by atoms with Gasteiger partial charge in [0.05, 0.1) is 11.8 Å². The van der Waals surface area contributed by atoms with Crippen LogP contribution in [0.25, 0.3) is 0 Å². The second-order valence-electron chi connectivity index (χ2n) is 3.67. The SMILES string of the molecule is OC1CCN(c2ccccc2F)CC1. The summed E-state index contributed by atoms with van der Waals surface area (Å²) in [6.07, 6.45) is 1.25. The minimum absolute atomic E-state index is 0.177. The van der Waals surface area contributed by atoms with Gasteiger partial charge in [0.1, 0.15) is 5.82 Å². The second kappa shape index (κ2) is 3.96. The summed E-state index contributed by atoms with van der Waals surface area (Å²) in [5.41, 5.74) is 0.652. The van der Waals surface area contributed by atoms with E-state index in [1.165, 1.54) is 6.07 Å². The van der Waals surface area contributed by atoms with Crippen molar-refractivity contribution in [1.82, 2.24) is 0 Å². The van der Waals surface area contributed by atoms with E-state index in [1.54, 1.807) is 12.1 Å². The van der Waals surface area contributed by atoms with Crippen molar-refractivity contribution in [2.75, 3.05) is 18.0 Å². The quantitative estimate of drug-likeness (QED) is 0.738. The van der Waals surface area contributed by atoms with Crippen molar-refractivity contribution >= 4 is 5.69 Å². The number of hydrogen-bond donors (Lipinski definition) is 1. The highest BCUT2D eigenvalue weighted by Crippen LogP contribution is 2.22. The number of rotatable bonds is 1. The Balaban J connectivity index is 2.12. The van der Waals surface area contributed by atoms with Crippen LogP contribution in [0, 0.1) is 5.82 Å². The van der Waals surface area contributed by atoms with Crippen molar-refractivity contribution in [1.29, 1.82) is 0 Å². The number of nitrogens with zero attached hydrogens (tertiary/aromatic N) is 1. The van der Waals surface area contributed by atoms with Crippen LogP contribution in [0.5, 0.6) is 0 Å². The monoisotopic (exact) mass is 195 g/mol. The van der Waals surface area contributed by atoms with Gasteiger partial charge in [0, 0.05) is 13.1 Å². The van der Waals surface area contributed by atoms with Crippen molar-refractivity contribution in [3.8, 4) is 0 Å². The third-order valence-electron chi connectivity index (χ3n) is 2.66. The summed E-state index contributed by atoms with van der Waals surface area (Å²) in [7, 11) is 0. The van der Waals surface area contributed by atoms with E-state index in [0.717, 1.165) is 25.9 Å². The smallest absolute Gasteiger partial charge is 0.146 e. The molecular formula is C11H14FNO. The molecule has 1 aromatic rings. The van der Waals surface area contributed by atoms with Gasteiger partial charge in [0.2, 0.25) is 0 Å². The highest BCUT2D eigenvalue weighted by atomic mass is 19.1. The highest BCUT2D eigenvalue weighted by Gasteiger charge is 2.18. The lowest BCUT2D eigenvalue weighted by Gasteiger charge is -2.31. The first-order valence-corrected chi connectivity index (χ1v) is 4.95. The molecule has 2 nitrogen and oxygen atoms in total. The van der Waals surface area contributed by atoms with E-state index in [0.29, 0.717) is 5.69 Å². The Morgan fingerprint density at radius 2 is 1.86 bits per heavy atom. The van der Waals surface area contributed by atoms with Crippen molar-refractivity contribution in [2.45, 2.75) is 18.9 Å². The van der Waals surface area contributed by atoms with Crippen molar-refractivity contribution < 1.29 is 9.50 Å². The van der Waals surface area contributed by atoms with Crippen molar-refractivity contribution in [3.63, 3.8) is 0 Å². The van der Waals surface area contributed by atoms with Crippen LogP contribution in [0.1, 0.15) is 12.8 Å². The first-order chi connectivity index (χ1) is 6.77. The fourth-order valence-corrected chi connectivity index (χ4v) is 1.81. The van der Waals surface area contributed by atoms with Crippen LogP contribution in [-0.2, 0) is 0 Å². The van der Waals surface area contributed by atoms with Crippen LogP contribution in [0.3, 0.4) is 0 Å². The minimum atomic E-state index is -0.210. The van der Waals surface area contributed by atoms with Gasteiger partial charge in [-0.25, -0.2) is 4.39 Å². The van der Waals surface area contributed by atoms with Crippen molar-refractivity contribution in [3.05, 3.63) is 30.1 Å². The lowest BCUT2D eigenvalue weighted by Crippen LogP contribution is -2.36. The van der Waals surface area contributed by atoms with Gasteiger partial charge in [-0.2, -0.15) is 0 Å². The van der Waals surface area contributed by atoms with Gasteiger partial charge in [0.25, 0.3) is 0 Å². The molecule has 0 atom stereocenters. The first kappa shape index (κ1) is 9.46. The van der Waals surface area contributed by atoms with Crippen LogP contribution >= 0.6 is 0 Å². The Bertz CT molecular complexity index is 308. The largest absolute Gasteiger partial charge is 0.393 e. The Morgan fingerprint density at radius 1 is 1.21 bits per heavy atom. The third kappa shape index (κ3) is 1.87. The van der Waals surface area contributed by atoms with Gasteiger partial charge in [-0.15, -0.1) is 0 Å². The maximum atomic E-state index is 13.4. The first-order valence-electron chi connectivity index (χ1n) is 4.95. The summed E-state index contributed by atoms with van der Waals surface area (Å²) in [6, 6.07) is 6.79. The van der Waals surface area contributed by atoms with Gasteiger partial charge in [-0.1, -0.05) is 12.1 Å². The molecule has 0 amide bonds. The van der Waals surface area contributed by atoms with Gasteiger partial charge < -0.3 is 10.0 Å². The van der Waals surface area contributed by atoms with Crippen LogP contribution in [-0.4, -0.2) is 24.3 Å². The lowest BCUT2D eigenvalue weighted by atomic mass is 10.1. The summed E-state index contributed by atoms with van der Waals surface area (Å²) >= 11 is 0. The van der Waals surface area contributed by atoms with E-state index >= 15 is 0 Å². The second-order valence-corrected chi connectivity index (χ2v) is 3.67. The van der Waals surface area contributed by atoms with E-state index in [1.807, 2.05) is 11.0 Å². The molecule has 2 rings (SSSR count). The fourth-order valence-electron chi connectivity index (χ4n) is 1.81. The molecule has 1 fully saturated rings. The molecule has 0 unspecified atom stereocenters. The average molecular weight is 195 g/mol. The molecule has 0 radical (unpaired) electrons. The zero-order valence-corrected chi connectivity index (χ0v) is 7.99. The molecule has 0 bridgehead atoms. The molecule has 1 aromatic carbocycles. The molecule has 14 heavy (non-hydrogen) atoms. The van der Waals surface area contributed by atoms with E-state index < -0.39 is 0 Å². The van der Waals surface area contributed by atoms with Crippen LogP contribution in [0.2, 0.25) is 0 Å². The normalized spacial score (nSPS) is 18.6. The topological polar surface area (TPSA) is 23.5 Å². The number of hydrogen-bond acceptors (Lipinski definition) is 2. The van der Waals surface area contributed by atoms with Gasteiger partial charge >= 0.3 is 0 Å². The molecule has 1 aliphatic heterocycles. The summed E-state index contributed by atoms with van der Waals surface area (Å²) in [6.45, 7) is 1.48. The summed E-state index contributed by atoms with van der Waals surface area (Å²) < 4.78 is 13.4. The number of halogens is 1. The number of aliphatic hydroxyl groups excluding tert-OH is 1. The van der Waals surface area contributed by atoms with Crippen LogP contribution < -0.4 is 4.90 Å². The molecule has 1 saturated heterocycles. The van der Waals surface area contributed by atoms with Gasteiger partial charge in [-0.05, 0) is 25.0 Å². The zero-order valence-electron chi connectivity index (χ0n) is 7.99. The molecule has 3 heteroatoms. The predicted molar refractivity (Wildman–Crippen MR) is 53.9 cm³/mol. The summed E-state index contributed by atoms with van der Waals surface area (Å²) in [4.78, 5) is 1.99. The lowest BCUT2D eigenvalue weighted by molar-refractivity contribution is 0.145. The Hall–Kier alpha value is -1.09. The van der Waals surface area contributed by atoms with Crippen LogP contribution in [0.15, 0.2) is 24.3 Å². The van der Waals surface area contributed by atoms with E-state index in [4.69, 9.17) is 0 Å². The molecule has 0 saturated carbocycles. The van der Waals surface area contributed by atoms with E-state index in [2.05, 4.69) is 0 Å². The molecule has 76 valence electrons. The van der Waals surface area contributed by atoms with E-state index in [9.17, 15) is 9.50 Å². The highest BCUT2D eigenvalue weighted by molar-refractivity contribution is 5.47. The average Bonchev–Trinajstić information content (AvgIpc) is 2.20. The molecular weight excluding hydrogens is 181 g/mol. The van der Waals surface area contributed by atoms with Gasteiger partial charge in [-0.3, -0.25) is 0 Å². The molecule has 0 aromatic heterocycles. The number of para-hydroxylation sites is 1. The van der Waals surface area contributed by atoms with Crippen molar-refractivity contribution in [2.24, 2.45) is 0 Å². The van der Waals surface area contributed by atoms with E-state index in [-0.39, 0.29) is 11.9 Å². The Morgan fingerprint density at radius 3 is 2.50 bits per heavy atom. The number of piperidine rings is 1. The third-order valence-corrected chi connectivity index (χ3v) is 2.66. The standard InChI is InChI=1S/C11H14FNO/c12-10-3-1-2-4-11(10)13-7-5-9(14)6-8-13/h1-4,9,14H,5-8H2. The van der Waals surface area contributed by atoms with Gasteiger partial charge in [0.15, 0.2) is 0 Å². The number of aliphatic hydroxyl groups is 1. The maximum absolute atomic E-state index is 13.4. The number of benzene rings is 1. The molecule has 0 spiro atoms. The minimum Gasteiger partial charge on any atom is -0.393 e. The molecule has 0 aliphatic carbocycles. The molecule has 1 N–H and O–H groups in total. The predicted octanol–water partition coefficient (Wildman–Crippen LogP) is 1.79. The van der Waals surface area contributed by atoms with Crippen LogP contribution in [0.4, 0.5) is 10.1 Å². The number of anilines is 1. The summed E-state index contributed by atoms with van der Waals surface area (Å²) in [5, 5.41) is 9.32. The zero-order chi connectivity index (χ0) is 9.97. The fraction of sp³-hybridized carbons (Fsp3) is 0.455. The maximum Gasteiger partial charge on any atom is 0.146 e. The molecule has 1 aliphatic rings. The Labute approximate surface area is 83.0 Å². The summed E-state index contributed by atoms with van der Waals surface area (Å²) in [5.74, 6) is -0.177. The molecule has 1 heterocycles.